The van der Waals surface area contributed by atoms with Crippen LogP contribution in [0.25, 0.3) is 0 Å². The van der Waals surface area contributed by atoms with Crippen molar-refractivity contribution < 1.29 is 22.6 Å². The van der Waals surface area contributed by atoms with Crippen LogP contribution in [-0.4, -0.2) is 30.8 Å². The van der Waals surface area contributed by atoms with Crippen LogP contribution in [0, 0.1) is 0 Å². The highest BCUT2D eigenvalue weighted by atomic mass is 19.4. The van der Waals surface area contributed by atoms with E-state index >= 15 is 0 Å². The van der Waals surface area contributed by atoms with E-state index in [9.17, 15) is 13.2 Å². The molecule has 0 aliphatic rings. The van der Waals surface area contributed by atoms with E-state index in [2.05, 4.69) is 10.3 Å². The molecule has 0 aromatic carbocycles. The smallest absolute Gasteiger partial charge is 0.416 e. The van der Waals surface area contributed by atoms with Gasteiger partial charge in [-0.2, -0.15) is 18.2 Å². The van der Waals surface area contributed by atoms with Gasteiger partial charge in [0.05, 0.1) is 17.8 Å². The van der Waals surface area contributed by atoms with Gasteiger partial charge in [0.1, 0.15) is 5.82 Å². The predicted octanol–water partition coefficient (Wildman–Crippen LogP) is 3.73. The average Bonchev–Trinajstić information content (AvgIpc) is 2.38. The third-order valence-corrected chi connectivity index (χ3v) is 2.99. The van der Waals surface area contributed by atoms with Gasteiger partial charge in [-0.25, -0.2) is 0 Å². The molecule has 0 saturated heterocycles. The van der Waals surface area contributed by atoms with Crippen molar-refractivity contribution in [3.05, 3.63) is 17.7 Å². The molecule has 0 aliphatic heterocycles. The summed E-state index contributed by atoms with van der Waals surface area (Å²) in [5.41, 5.74) is -1.18. The number of hydrogen-bond donors (Lipinski definition) is 1. The van der Waals surface area contributed by atoms with Crippen molar-refractivity contribution in [3.8, 4) is 5.88 Å². The third kappa shape index (κ3) is 5.79. The molecule has 0 aliphatic carbocycles. The fraction of sp³-hybridized carbons (Fsp3) is 0.643. The summed E-state index contributed by atoms with van der Waals surface area (Å²) in [6, 6.07) is 1.87. The lowest BCUT2D eigenvalue weighted by molar-refractivity contribution is -0.137. The number of rotatable bonds is 7. The minimum absolute atomic E-state index is 0.0484. The van der Waals surface area contributed by atoms with Gasteiger partial charge in [-0.1, -0.05) is 0 Å². The Morgan fingerprint density at radius 1 is 1.24 bits per heavy atom. The number of methoxy groups -OCH3 is 1. The quantitative estimate of drug-likeness (QED) is 0.833. The van der Waals surface area contributed by atoms with Crippen molar-refractivity contribution in [3.63, 3.8) is 0 Å². The van der Waals surface area contributed by atoms with E-state index in [0.29, 0.717) is 13.0 Å². The van der Waals surface area contributed by atoms with E-state index in [1.54, 1.807) is 14.0 Å². The molecular formula is C14H21F3N2O2. The van der Waals surface area contributed by atoms with E-state index in [4.69, 9.17) is 9.47 Å². The number of nitrogens with zero attached hydrogens (tertiary/aromatic N) is 1. The maximum Gasteiger partial charge on any atom is 0.416 e. The Hall–Kier alpha value is -1.50. The van der Waals surface area contributed by atoms with Gasteiger partial charge in [-0.15, -0.1) is 0 Å². The van der Waals surface area contributed by atoms with Crippen LogP contribution in [0.1, 0.15) is 32.8 Å². The number of hydrogen-bond acceptors (Lipinski definition) is 4. The van der Waals surface area contributed by atoms with Crippen molar-refractivity contribution in [2.24, 2.45) is 0 Å². The molecule has 1 heterocycles. The summed E-state index contributed by atoms with van der Waals surface area (Å²) in [7, 11) is 1.58. The van der Waals surface area contributed by atoms with Crippen LogP contribution in [0.4, 0.5) is 19.0 Å². The zero-order chi connectivity index (χ0) is 16.1. The molecule has 0 atom stereocenters. The normalized spacial score (nSPS) is 12.3. The van der Waals surface area contributed by atoms with Crippen LogP contribution in [0.5, 0.6) is 5.88 Å². The van der Waals surface area contributed by atoms with E-state index in [1.807, 2.05) is 13.8 Å². The van der Waals surface area contributed by atoms with Crippen LogP contribution in [-0.2, 0) is 10.9 Å². The van der Waals surface area contributed by atoms with Gasteiger partial charge in [0.15, 0.2) is 0 Å². The average molecular weight is 306 g/mol. The van der Waals surface area contributed by atoms with Crippen molar-refractivity contribution in [2.75, 3.05) is 25.6 Å². The minimum Gasteiger partial charge on any atom is -0.477 e. The largest absolute Gasteiger partial charge is 0.477 e. The summed E-state index contributed by atoms with van der Waals surface area (Å²) < 4.78 is 49.0. The molecule has 0 bridgehead atoms. The van der Waals surface area contributed by atoms with Crippen LogP contribution in [0.3, 0.4) is 0 Å². The standard InChI is InChI=1S/C14H21F3N2O2/c1-5-18-11-8-10(14(15,16)17)9-12(19-11)21-7-6-13(2,3)20-4/h8-9H,5-7H2,1-4H3,(H,18,19). The van der Waals surface area contributed by atoms with Gasteiger partial charge in [-0.05, 0) is 26.8 Å². The second-order valence-corrected chi connectivity index (χ2v) is 5.17. The van der Waals surface area contributed by atoms with Crippen molar-refractivity contribution in [2.45, 2.75) is 39.0 Å². The third-order valence-electron chi connectivity index (χ3n) is 2.99. The maximum atomic E-state index is 12.8. The summed E-state index contributed by atoms with van der Waals surface area (Å²) in [6.07, 6.45) is -3.89. The number of pyridine rings is 1. The van der Waals surface area contributed by atoms with Gasteiger partial charge < -0.3 is 14.8 Å². The lowest BCUT2D eigenvalue weighted by atomic mass is 10.1. The van der Waals surface area contributed by atoms with E-state index in [-0.39, 0.29) is 18.3 Å². The molecule has 1 aromatic rings. The van der Waals surface area contributed by atoms with Crippen molar-refractivity contribution in [1.82, 2.24) is 4.98 Å². The van der Waals surface area contributed by atoms with Crippen LogP contribution in [0.2, 0.25) is 0 Å². The van der Waals surface area contributed by atoms with Gasteiger partial charge in [0.2, 0.25) is 5.88 Å². The number of aromatic nitrogens is 1. The molecule has 4 nitrogen and oxygen atoms in total. The highest BCUT2D eigenvalue weighted by molar-refractivity contribution is 5.42. The molecule has 21 heavy (non-hydrogen) atoms. The molecule has 0 unspecified atom stereocenters. The maximum absolute atomic E-state index is 12.8. The lowest BCUT2D eigenvalue weighted by Gasteiger charge is -2.22. The van der Waals surface area contributed by atoms with Crippen molar-refractivity contribution >= 4 is 5.82 Å². The zero-order valence-electron chi connectivity index (χ0n) is 12.7. The summed E-state index contributed by atoms with van der Waals surface area (Å²) >= 11 is 0. The molecule has 0 fully saturated rings. The minimum atomic E-state index is -4.43. The molecule has 1 N–H and O–H groups in total. The first-order valence-corrected chi connectivity index (χ1v) is 6.69. The summed E-state index contributed by atoms with van der Waals surface area (Å²) in [5, 5.41) is 2.76. The Balaban J connectivity index is 2.83. The Morgan fingerprint density at radius 3 is 2.43 bits per heavy atom. The molecule has 1 rings (SSSR count). The fourth-order valence-corrected chi connectivity index (χ4v) is 1.52. The molecule has 7 heteroatoms. The first-order valence-electron chi connectivity index (χ1n) is 6.69. The summed E-state index contributed by atoms with van der Waals surface area (Å²) in [4.78, 5) is 4.01. The number of nitrogens with one attached hydrogen (secondary N) is 1. The Labute approximate surface area is 122 Å². The molecule has 0 amide bonds. The lowest BCUT2D eigenvalue weighted by Crippen LogP contribution is -2.25. The summed E-state index contributed by atoms with van der Waals surface area (Å²) in [5.74, 6) is 0.0982. The van der Waals surface area contributed by atoms with Crippen LogP contribution in [0.15, 0.2) is 12.1 Å². The Bertz CT molecular complexity index is 462. The fourth-order valence-electron chi connectivity index (χ4n) is 1.52. The molecule has 0 spiro atoms. The second-order valence-electron chi connectivity index (χ2n) is 5.17. The molecule has 120 valence electrons. The second kappa shape index (κ2) is 6.98. The van der Waals surface area contributed by atoms with Crippen molar-refractivity contribution in [1.29, 1.82) is 0 Å². The highest BCUT2D eigenvalue weighted by Gasteiger charge is 2.32. The Morgan fingerprint density at radius 2 is 1.90 bits per heavy atom. The number of halogens is 3. The van der Waals surface area contributed by atoms with Gasteiger partial charge in [0.25, 0.3) is 0 Å². The first kappa shape index (κ1) is 17.6. The zero-order valence-corrected chi connectivity index (χ0v) is 12.7. The molecule has 0 saturated carbocycles. The van der Waals surface area contributed by atoms with Gasteiger partial charge in [0, 0.05) is 26.1 Å². The SMILES string of the molecule is CCNc1cc(C(F)(F)F)cc(OCCC(C)(C)OC)n1. The van der Waals surface area contributed by atoms with Gasteiger partial charge >= 0.3 is 6.18 Å². The van der Waals surface area contributed by atoms with Crippen LogP contribution < -0.4 is 10.1 Å². The number of anilines is 1. The number of ether oxygens (including phenoxy) is 2. The molecular weight excluding hydrogens is 285 g/mol. The van der Waals surface area contributed by atoms with Crippen LogP contribution >= 0.6 is 0 Å². The predicted molar refractivity (Wildman–Crippen MR) is 74.6 cm³/mol. The monoisotopic (exact) mass is 306 g/mol. The van der Waals surface area contributed by atoms with E-state index < -0.39 is 17.3 Å². The summed E-state index contributed by atoms with van der Waals surface area (Å²) in [6.45, 7) is 6.23. The topological polar surface area (TPSA) is 43.4 Å². The Kier molecular flexibility index (Phi) is 5.83. The van der Waals surface area contributed by atoms with Gasteiger partial charge in [-0.3, -0.25) is 0 Å². The highest BCUT2D eigenvalue weighted by Crippen LogP contribution is 2.32. The molecule has 0 radical (unpaired) electrons. The number of alkyl halides is 3. The van der Waals surface area contributed by atoms with E-state index in [0.717, 1.165) is 12.1 Å². The molecule has 1 aromatic heterocycles. The van der Waals surface area contributed by atoms with E-state index in [1.165, 1.54) is 0 Å². The first-order chi connectivity index (χ1) is 9.68.